The van der Waals surface area contributed by atoms with Crippen molar-refractivity contribution >= 4 is 5.97 Å². The van der Waals surface area contributed by atoms with Gasteiger partial charge in [0.15, 0.2) is 0 Å². The summed E-state index contributed by atoms with van der Waals surface area (Å²) >= 11 is 0. The van der Waals surface area contributed by atoms with Crippen molar-refractivity contribution in [2.24, 2.45) is 0 Å². The summed E-state index contributed by atoms with van der Waals surface area (Å²) in [5, 5.41) is 9.12. The highest BCUT2D eigenvalue weighted by molar-refractivity contribution is 5.69. The molecule has 3 heteroatoms. The fourth-order valence-corrected chi connectivity index (χ4v) is 2.28. The maximum absolute atomic E-state index is 11.1. The topological polar surface area (TPSA) is 40.5 Å². The van der Waals surface area contributed by atoms with Gasteiger partial charge in [0.1, 0.15) is 0 Å². The van der Waals surface area contributed by atoms with Crippen molar-refractivity contribution < 1.29 is 9.90 Å². The van der Waals surface area contributed by atoms with Crippen molar-refractivity contribution in [2.45, 2.75) is 32.2 Å². The first kappa shape index (κ1) is 13.7. The number of hydrogen-bond acceptors (Lipinski definition) is 2. The molecule has 0 aliphatic carbocycles. The maximum atomic E-state index is 11.1. The van der Waals surface area contributed by atoms with Crippen LogP contribution < -0.4 is 0 Å². The van der Waals surface area contributed by atoms with E-state index in [1.807, 2.05) is 57.1 Å². The van der Waals surface area contributed by atoms with Crippen LogP contribution in [0.1, 0.15) is 30.9 Å². The molecule has 1 N–H and O–H groups in total. The molecule has 3 nitrogen and oxygen atoms in total. The van der Waals surface area contributed by atoms with Gasteiger partial charge in [-0.2, -0.15) is 0 Å². The van der Waals surface area contributed by atoms with Gasteiger partial charge in [0.05, 0.1) is 12.0 Å². The first-order valence-electron chi connectivity index (χ1n) is 5.88. The first-order valence-corrected chi connectivity index (χ1v) is 5.88. The van der Waals surface area contributed by atoms with E-state index < -0.39 is 11.5 Å². The molecule has 0 aromatic heterocycles. The van der Waals surface area contributed by atoms with E-state index in [0.717, 1.165) is 12.0 Å². The van der Waals surface area contributed by atoms with E-state index in [9.17, 15) is 4.79 Å². The van der Waals surface area contributed by atoms with Crippen LogP contribution in [0.15, 0.2) is 24.3 Å². The van der Waals surface area contributed by atoms with Crippen LogP contribution >= 0.6 is 0 Å². The van der Waals surface area contributed by atoms with E-state index in [0.29, 0.717) is 0 Å². The smallest absolute Gasteiger partial charge is 0.305 e. The summed E-state index contributed by atoms with van der Waals surface area (Å²) in [7, 11) is 3.87. The lowest BCUT2D eigenvalue weighted by molar-refractivity contribution is -0.140. The van der Waals surface area contributed by atoms with Gasteiger partial charge in [-0.3, -0.25) is 9.69 Å². The number of carbonyl (C=O) groups is 1. The largest absolute Gasteiger partial charge is 0.481 e. The van der Waals surface area contributed by atoms with Crippen LogP contribution in [-0.2, 0) is 10.3 Å². The van der Waals surface area contributed by atoms with Gasteiger partial charge in [-0.05, 0) is 33.0 Å². The van der Waals surface area contributed by atoms with Crippen LogP contribution in [0.5, 0.6) is 0 Å². The monoisotopic (exact) mass is 235 g/mol. The van der Waals surface area contributed by atoms with Crippen LogP contribution in [-0.4, -0.2) is 30.1 Å². The van der Waals surface area contributed by atoms with Gasteiger partial charge in [-0.1, -0.05) is 36.8 Å². The van der Waals surface area contributed by atoms with Gasteiger partial charge < -0.3 is 5.11 Å². The minimum atomic E-state index is -0.763. The molecule has 1 atom stereocenters. The average molecular weight is 235 g/mol. The van der Waals surface area contributed by atoms with Crippen molar-refractivity contribution in [3.8, 4) is 0 Å². The Kier molecular flexibility index (Phi) is 4.29. The van der Waals surface area contributed by atoms with Gasteiger partial charge in [0, 0.05) is 0 Å². The third-order valence-electron chi connectivity index (χ3n) is 3.47. The molecule has 0 aliphatic heterocycles. The number of benzene rings is 1. The second-order valence-corrected chi connectivity index (χ2v) is 4.72. The van der Waals surface area contributed by atoms with Gasteiger partial charge in [0.2, 0.25) is 0 Å². The molecule has 0 bridgehead atoms. The van der Waals surface area contributed by atoms with Crippen molar-refractivity contribution in [3.63, 3.8) is 0 Å². The highest BCUT2D eigenvalue weighted by Gasteiger charge is 2.35. The lowest BCUT2D eigenvalue weighted by atomic mass is 9.82. The van der Waals surface area contributed by atoms with Crippen molar-refractivity contribution in [1.82, 2.24) is 4.90 Å². The van der Waals surface area contributed by atoms with Gasteiger partial charge in [-0.15, -0.1) is 0 Å². The molecular weight excluding hydrogens is 214 g/mol. The summed E-state index contributed by atoms with van der Waals surface area (Å²) in [6.45, 7) is 4.06. The SMILES string of the molecule is CCC(CC(=O)O)(c1ccc(C)cc1)N(C)C. The Morgan fingerprint density at radius 2 is 1.82 bits per heavy atom. The Balaban J connectivity index is 3.21. The quantitative estimate of drug-likeness (QED) is 0.853. The molecule has 0 fully saturated rings. The second kappa shape index (κ2) is 5.32. The Bertz CT molecular complexity index is 384. The van der Waals surface area contributed by atoms with Crippen LogP contribution in [0, 0.1) is 6.92 Å². The molecule has 0 amide bonds. The molecule has 0 saturated carbocycles. The molecule has 0 spiro atoms. The molecule has 0 saturated heterocycles. The van der Waals surface area contributed by atoms with Crippen LogP contribution in [0.4, 0.5) is 0 Å². The van der Waals surface area contributed by atoms with E-state index in [2.05, 4.69) is 0 Å². The van der Waals surface area contributed by atoms with E-state index in [4.69, 9.17) is 5.11 Å². The van der Waals surface area contributed by atoms with Gasteiger partial charge in [-0.25, -0.2) is 0 Å². The Morgan fingerprint density at radius 3 is 2.18 bits per heavy atom. The van der Waals surface area contributed by atoms with E-state index >= 15 is 0 Å². The average Bonchev–Trinajstić information content (AvgIpc) is 2.26. The maximum Gasteiger partial charge on any atom is 0.305 e. The second-order valence-electron chi connectivity index (χ2n) is 4.72. The predicted molar refractivity (Wildman–Crippen MR) is 69.1 cm³/mol. The molecular formula is C14H21NO2. The predicted octanol–water partition coefficient (Wildman–Crippen LogP) is 2.64. The summed E-state index contributed by atoms with van der Waals surface area (Å²) < 4.78 is 0. The van der Waals surface area contributed by atoms with Crippen LogP contribution in [0.2, 0.25) is 0 Å². The molecule has 0 aliphatic rings. The third-order valence-corrected chi connectivity index (χ3v) is 3.47. The molecule has 1 rings (SSSR count). The van der Waals surface area contributed by atoms with Crippen LogP contribution in [0.25, 0.3) is 0 Å². The number of nitrogens with zero attached hydrogens (tertiary/aromatic N) is 1. The van der Waals surface area contributed by atoms with Crippen molar-refractivity contribution in [1.29, 1.82) is 0 Å². The molecule has 94 valence electrons. The molecule has 1 aromatic carbocycles. The Labute approximate surface area is 103 Å². The van der Waals surface area contributed by atoms with E-state index in [-0.39, 0.29) is 6.42 Å². The fourth-order valence-electron chi connectivity index (χ4n) is 2.28. The van der Waals surface area contributed by atoms with Gasteiger partial charge >= 0.3 is 5.97 Å². The van der Waals surface area contributed by atoms with E-state index in [1.54, 1.807) is 0 Å². The highest BCUT2D eigenvalue weighted by atomic mass is 16.4. The summed E-state index contributed by atoms with van der Waals surface area (Å²) in [5.41, 5.74) is 1.84. The minimum absolute atomic E-state index is 0.125. The third kappa shape index (κ3) is 2.86. The number of hydrogen-bond donors (Lipinski definition) is 1. The summed E-state index contributed by atoms with van der Waals surface area (Å²) in [4.78, 5) is 13.1. The van der Waals surface area contributed by atoms with Gasteiger partial charge in [0.25, 0.3) is 0 Å². The Morgan fingerprint density at radius 1 is 1.29 bits per heavy atom. The van der Waals surface area contributed by atoms with Crippen molar-refractivity contribution in [3.05, 3.63) is 35.4 Å². The molecule has 1 unspecified atom stereocenters. The zero-order chi connectivity index (χ0) is 13.1. The fraction of sp³-hybridized carbons (Fsp3) is 0.500. The molecule has 0 radical (unpaired) electrons. The molecule has 17 heavy (non-hydrogen) atoms. The minimum Gasteiger partial charge on any atom is -0.481 e. The normalized spacial score (nSPS) is 14.6. The van der Waals surface area contributed by atoms with Crippen molar-refractivity contribution in [2.75, 3.05) is 14.1 Å². The highest BCUT2D eigenvalue weighted by Crippen LogP contribution is 2.33. The zero-order valence-corrected chi connectivity index (χ0v) is 11.0. The number of carboxylic acid groups (broad SMARTS) is 1. The Hall–Kier alpha value is -1.35. The molecule has 1 aromatic rings. The molecule has 0 heterocycles. The standard InChI is InChI=1S/C14H21NO2/c1-5-14(15(3)4,10-13(16)17)12-8-6-11(2)7-9-12/h6-9H,5,10H2,1-4H3,(H,16,17). The lowest BCUT2D eigenvalue weighted by Crippen LogP contribution is -2.42. The summed E-state index contributed by atoms with van der Waals surface area (Å²) in [6, 6.07) is 8.12. The van der Waals surface area contributed by atoms with E-state index in [1.165, 1.54) is 5.56 Å². The number of carboxylic acids is 1. The number of aliphatic carboxylic acids is 1. The summed E-state index contributed by atoms with van der Waals surface area (Å²) in [5.74, 6) is -0.763. The lowest BCUT2D eigenvalue weighted by Gasteiger charge is -2.38. The first-order chi connectivity index (χ1) is 7.92. The number of rotatable bonds is 5. The zero-order valence-electron chi connectivity index (χ0n) is 11.0. The van der Waals surface area contributed by atoms with Crippen LogP contribution in [0.3, 0.4) is 0 Å². The summed E-state index contributed by atoms with van der Waals surface area (Å²) in [6.07, 6.45) is 0.898. The number of aryl methyl sites for hydroxylation is 1.